The molecule has 1 fully saturated rings. The number of benzene rings is 1. The first-order valence-corrected chi connectivity index (χ1v) is 7.76. The number of hydrogen-bond acceptors (Lipinski definition) is 2. The molecule has 4 heteroatoms. The zero-order chi connectivity index (χ0) is 15.5. The van der Waals surface area contributed by atoms with Crippen molar-refractivity contribution in [2.45, 2.75) is 40.0 Å². The largest absolute Gasteiger partial charge is 0.382 e. The number of nitrogens with zero attached hydrogens (tertiary/aromatic N) is 1. The Hall–Kier alpha value is -1.58. The molecule has 1 heterocycles. The van der Waals surface area contributed by atoms with Gasteiger partial charge >= 0.3 is 0 Å². The molecular formula is C17H25FN2O. The average molecular weight is 292 g/mol. The molecule has 1 aromatic carbocycles. The topological polar surface area (TPSA) is 32.3 Å². The molecule has 1 aliphatic rings. The summed E-state index contributed by atoms with van der Waals surface area (Å²) in [5, 5.41) is 3.05. The number of para-hydroxylation sites is 1. The van der Waals surface area contributed by atoms with Crippen molar-refractivity contribution in [3.05, 3.63) is 29.6 Å². The molecule has 0 aromatic heterocycles. The third-order valence-corrected chi connectivity index (χ3v) is 3.98. The van der Waals surface area contributed by atoms with E-state index in [0.29, 0.717) is 17.8 Å². The molecule has 0 spiro atoms. The molecule has 0 radical (unpaired) electrons. The number of rotatable bonds is 4. The average Bonchev–Trinajstić information content (AvgIpc) is 2.44. The lowest BCUT2D eigenvalue weighted by atomic mass is 9.84. The maximum atomic E-state index is 14.0. The highest BCUT2D eigenvalue weighted by Crippen LogP contribution is 2.30. The number of halogens is 1. The zero-order valence-electron chi connectivity index (χ0n) is 13.2. The zero-order valence-corrected chi connectivity index (χ0v) is 13.2. The van der Waals surface area contributed by atoms with Crippen LogP contribution in [-0.2, 0) is 0 Å². The maximum Gasteiger partial charge on any atom is 0.256 e. The summed E-state index contributed by atoms with van der Waals surface area (Å²) < 4.78 is 14.0. The van der Waals surface area contributed by atoms with E-state index >= 15 is 0 Å². The number of anilines is 1. The van der Waals surface area contributed by atoms with E-state index in [1.165, 1.54) is 6.07 Å². The van der Waals surface area contributed by atoms with Crippen molar-refractivity contribution in [2.75, 3.05) is 25.0 Å². The van der Waals surface area contributed by atoms with Crippen molar-refractivity contribution in [1.82, 2.24) is 4.90 Å². The van der Waals surface area contributed by atoms with E-state index in [4.69, 9.17) is 0 Å². The van der Waals surface area contributed by atoms with Crippen LogP contribution in [0.5, 0.6) is 0 Å². The molecule has 21 heavy (non-hydrogen) atoms. The Labute approximate surface area is 126 Å². The van der Waals surface area contributed by atoms with Crippen LogP contribution in [0.1, 0.15) is 50.4 Å². The number of piperidine rings is 1. The maximum absolute atomic E-state index is 14.0. The number of hydrogen-bond donors (Lipinski definition) is 1. The second-order valence-electron chi connectivity index (χ2n) is 6.58. The van der Waals surface area contributed by atoms with Gasteiger partial charge in [-0.25, -0.2) is 4.39 Å². The van der Waals surface area contributed by atoms with Gasteiger partial charge in [0.15, 0.2) is 0 Å². The molecule has 116 valence electrons. The Kier molecular flexibility index (Phi) is 4.86. The van der Waals surface area contributed by atoms with Crippen LogP contribution in [0.15, 0.2) is 18.2 Å². The fourth-order valence-corrected chi connectivity index (χ4v) is 2.90. The standard InChI is InChI=1S/C17H25FN2O/c1-4-10-19-15-13(7-5-8-14(15)18)16(21)20-11-6-9-17(2,3)12-20/h5,7-8,19H,4,6,9-12H2,1-3H3. The Bertz CT molecular complexity index is 514. The Morgan fingerprint density at radius 2 is 2.19 bits per heavy atom. The van der Waals surface area contributed by atoms with Crippen LogP contribution >= 0.6 is 0 Å². The van der Waals surface area contributed by atoms with E-state index in [1.807, 2.05) is 11.8 Å². The van der Waals surface area contributed by atoms with Crippen LogP contribution in [0, 0.1) is 11.2 Å². The second kappa shape index (κ2) is 6.46. The van der Waals surface area contributed by atoms with Gasteiger partial charge in [0.1, 0.15) is 5.82 Å². The lowest BCUT2D eigenvalue weighted by Gasteiger charge is -2.38. The molecule has 1 saturated heterocycles. The predicted molar refractivity (Wildman–Crippen MR) is 84.1 cm³/mol. The molecule has 0 unspecified atom stereocenters. The Morgan fingerprint density at radius 1 is 1.43 bits per heavy atom. The molecule has 1 aromatic rings. The van der Waals surface area contributed by atoms with E-state index in [1.54, 1.807) is 12.1 Å². The van der Waals surface area contributed by atoms with Crippen molar-refractivity contribution >= 4 is 11.6 Å². The minimum atomic E-state index is -0.356. The third kappa shape index (κ3) is 3.74. The van der Waals surface area contributed by atoms with Crippen molar-refractivity contribution in [1.29, 1.82) is 0 Å². The number of nitrogens with one attached hydrogen (secondary N) is 1. The molecule has 1 N–H and O–H groups in total. The third-order valence-electron chi connectivity index (χ3n) is 3.98. The van der Waals surface area contributed by atoms with Gasteiger partial charge in [-0.3, -0.25) is 4.79 Å². The highest BCUT2D eigenvalue weighted by atomic mass is 19.1. The summed E-state index contributed by atoms with van der Waals surface area (Å²) in [4.78, 5) is 14.6. The fourth-order valence-electron chi connectivity index (χ4n) is 2.90. The molecule has 0 saturated carbocycles. The second-order valence-corrected chi connectivity index (χ2v) is 6.58. The lowest BCUT2D eigenvalue weighted by Crippen LogP contribution is -2.43. The normalized spacial score (nSPS) is 17.6. The number of carbonyl (C=O) groups excluding carboxylic acids is 1. The van der Waals surface area contributed by atoms with Crippen LogP contribution in [0.2, 0.25) is 0 Å². The summed E-state index contributed by atoms with van der Waals surface area (Å²) in [6, 6.07) is 4.72. The summed E-state index contributed by atoms with van der Waals surface area (Å²) in [5.74, 6) is -0.425. The SMILES string of the molecule is CCCNc1c(F)cccc1C(=O)N1CCCC(C)(C)C1. The van der Waals surface area contributed by atoms with E-state index in [9.17, 15) is 9.18 Å². The molecule has 1 aliphatic heterocycles. The molecule has 3 nitrogen and oxygen atoms in total. The summed E-state index contributed by atoms with van der Waals surface area (Å²) in [6.45, 7) is 8.51. The first-order valence-electron chi connectivity index (χ1n) is 7.76. The van der Waals surface area contributed by atoms with Crippen LogP contribution in [0.4, 0.5) is 10.1 Å². The van der Waals surface area contributed by atoms with E-state index in [2.05, 4.69) is 19.2 Å². The van der Waals surface area contributed by atoms with E-state index < -0.39 is 0 Å². The smallest absolute Gasteiger partial charge is 0.256 e. The van der Waals surface area contributed by atoms with Gasteiger partial charge in [-0.15, -0.1) is 0 Å². The van der Waals surface area contributed by atoms with Gasteiger partial charge in [-0.1, -0.05) is 26.8 Å². The van der Waals surface area contributed by atoms with Gasteiger partial charge in [0.2, 0.25) is 0 Å². The molecule has 0 aliphatic carbocycles. The molecule has 0 atom stereocenters. The summed E-state index contributed by atoms with van der Waals surface area (Å²) in [5.41, 5.74) is 0.923. The van der Waals surface area contributed by atoms with Gasteiger partial charge in [0.05, 0.1) is 11.3 Å². The highest BCUT2D eigenvalue weighted by Gasteiger charge is 2.30. The van der Waals surface area contributed by atoms with Crippen molar-refractivity contribution in [3.8, 4) is 0 Å². The van der Waals surface area contributed by atoms with Crippen molar-refractivity contribution < 1.29 is 9.18 Å². The lowest BCUT2D eigenvalue weighted by molar-refractivity contribution is 0.0584. The Morgan fingerprint density at radius 3 is 2.86 bits per heavy atom. The minimum Gasteiger partial charge on any atom is -0.382 e. The predicted octanol–water partition coefficient (Wildman–Crippen LogP) is 3.91. The monoisotopic (exact) mass is 292 g/mol. The van der Waals surface area contributed by atoms with Gasteiger partial charge in [-0.2, -0.15) is 0 Å². The first kappa shape index (κ1) is 15.8. The van der Waals surface area contributed by atoms with Gasteiger partial charge in [0.25, 0.3) is 5.91 Å². The quantitative estimate of drug-likeness (QED) is 0.912. The first-order chi connectivity index (χ1) is 9.94. The molecule has 2 rings (SSSR count). The highest BCUT2D eigenvalue weighted by molar-refractivity contribution is 5.99. The number of amides is 1. The molecular weight excluding hydrogens is 267 g/mol. The van der Waals surface area contributed by atoms with Crippen molar-refractivity contribution in [3.63, 3.8) is 0 Å². The van der Waals surface area contributed by atoms with E-state index in [-0.39, 0.29) is 17.1 Å². The van der Waals surface area contributed by atoms with Crippen LogP contribution in [-0.4, -0.2) is 30.4 Å². The Balaban J connectivity index is 2.24. The number of likely N-dealkylation sites (tertiary alicyclic amines) is 1. The van der Waals surface area contributed by atoms with Crippen LogP contribution in [0.3, 0.4) is 0 Å². The van der Waals surface area contributed by atoms with Crippen LogP contribution < -0.4 is 5.32 Å². The number of carbonyl (C=O) groups is 1. The summed E-state index contributed by atoms with van der Waals surface area (Å²) >= 11 is 0. The minimum absolute atomic E-state index is 0.0686. The van der Waals surface area contributed by atoms with Crippen molar-refractivity contribution in [2.24, 2.45) is 5.41 Å². The summed E-state index contributed by atoms with van der Waals surface area (Å²) in [6.07, 6.45) is 3.02. The molecule has 1 amide bonds. The summed E-state index contributed by atoms with van der Waals surface area (Å²) in [7, 11) is 0. The van der Waals surface area contributed by atoms with E-state index in [0.717, 1.165) is 32.4 Å². The molecule has 0 bridgehead atoms. The van der Waals surface area contributed by atoms with Gasteiger partial charge in [-0.05, 0) is 36.8 Å². The van der Waals surface area contributed by atoms with Gasteiger partial charge in [0, 0.05) is 19.6 Å². The van der Waals surface area contributed by atoms with Crippen LogP contribution in [0.25, 0.3) is 0 Å². The fraction of sp³-hybridized carbons (Fsp3) is 0.588. The van der Waals surface area contributed by atoms with Gasteiger partial charge < -0.3 is 10.2 Å².